The molecule has 0 aliphatic heterocycles. The molecule has 5 heteroatoms. The molecule has 0 aromatic heterocycles. The fraction of sp³-hybridized carbons (Fsp3) is 0.500. The maximum Gasteiger partial charge on any atom is 0.329 e. The van der Waals surface area contributed by atoms with Crippen molar-refractivity contribution < 1.29 is 14.7 Å². The molecule has 21 heavy (non-hydrogen) atoms. The lowest BCUT2D eigenvalue weighted by atomic mass is 9.76. The Morgan fingerprint density at radius 1 is 1.33 bits per heavy atom. The highest BCUT2D eigenvalue weighted by Gasteiger charge is 2.43. The second kappa shape index (κ2) is 6.52. The van der Waals surface area contributed by atoms with Crippen molar-refractivity contribution in [3.05, 3.63) is 29.8 Å². The lowest BCUT2D eigenvalue weighted by molar-refractivity contribution is -0.146. The van der Waals surface area contributed by atoms with Crippen LogP contribution in [0.2, 0.25) is 0 Å². The number of hydrogen-bond acceptors (Lipinski definition) is 3. The zero-order valence-corrected chi connectivity index (χ0v) is 13.2. The van der Waals surface area contributed by atoms with Gasteiger partial charge in [0.05, 0.1) is 0 Å². The third kappa shape index (κ3) is 3.59. The zero-order chi connectivity index (χ0) is 15.5. The number of carboxylic acids is 1. The summed E-state index contributed by atoms with van der Waals surface area (Å²) in [6.45, 7) is 2.04. The van der Waals surface area contributed by atoms with Gasteiger partial charge in [-0.25, -0.2) is 4.79 Å². The molecule has 4 nitrogen and oxygen atoms in total. The summed E-state index contributed by atoms with van der Waals surface area (Å²) < 4.78 is 0. The van der Waals surface area contributed by atoms with Crippen LogP contribution in [0.5, 0.6) is 0 Å². The second-order valence-corrected chi connectivity index (χ2v) is 6.65. The molecule has 1 saturated carbocycles. The topological polar surface area (TPSA) is 66.4 Å². The van der Waals surface area contributed by atoms with E-state index in [1.165, 1.54) is 0 Å². The van der Waals surface area contributed by atoms with Crippen molar-refractivity contribution in [3.8, 4) is 0 Å². The number of carboxylic acid groups (broad SMARTS) is 1. The largest absolute Gasteiger partial charge is 0.480 e. The van der Waals surface area contributed by atoms with Crippen LogP contribution in [0.4, 0.5) is 0 Å². The second-order valence-electron chi connectivity index (χ2n) is 5.77. The van der Waals surface area contributed by atoms with Crippen LogP contribution in [-0.2, 0) is 4.79 Å². The number of rotatable bonds is 4. The van der Waals surface area contributed by atoms with E-state index in [0.29, 0.717) is 24.3 Å². The molecule has 2 atom stereocenters. The average Bonchev–Trinajstić information content (AvgIpc) is 2.47. The van der Waals surface area contributed by atoms with Gasteiger partial charge < -0.3 is 10.4 Å². The quantitative estimate of drug-likeness (QED) is 0.839. The third-order valence-electron chi connectivity index (χ3n) is 4.11. The van der Waals surface area contributed by atoms with Gasteiger partial charge in [0, 0.05) is 10.5 Å². The van der Waals surface area contributed by atoms with Crippen molar-refractivity contribution in [2.45, 2.75) is 43.0 Å². The number of hydrogen-bond donors (Lipinski definition) is 2. The highest BCUT2D eigenvalue weighted by Crippen LogP contribution is 2.33. The normalized spacial score (nSPS) is 25.3. The minimum atomic E-state index is -1.12. The molecular weight excluding hydrogens is 286 g/mol. The van der Waals surface area contributed by atoms with E-state index in [1.54, 1.807) is 23.9 Å². The molecule has 2 N–H and O–H groups in total. The molecule has 1 aromatic rings. The van der Waals surface area contributed by atoms with Gasteiger partial charge in [0.1, 0.15) is 5.54 Å². The first-order chi connectivity index (χ1) is 9.97. The number of nitrogens with one attached hydrogen (secondary N) is 1. The minimum absolute atomic E-state index is 0.306. The van der Waals surface area contributed by atoms with Crippen LogP contribution in [0.25, 0.3) is 0 Å². The van der Waals surface area contributed by atoms with Gasteiger partial charge in [0.2, 0.25) is 0 Å². The summed E-state index contributed by atoms with van der Waals surface area (Å²) in [5, 5.41) is 12.3. The maximum absolute atomic E-state index is 12.3. The smallest absolute Gasteiger partial charge is 0.329 e. The van der Waals surface area contributed by atoms with E-state index in [2.05, 4.69) is 5.32 Å². The minimum Gasteiger partial charge on any atom is -0.480 e. The molecular formula is C16H21NO3S. The van der Waals surface area contributed by atoms with Crippen molar-refractivity contribution in [2.75, 3.05) is 6.26 Å². The standard InChI is InChI=1S/C16H21NO3S/c1-11-4-3-9-16(10-11,15(19)20)17-14(18)12-5-7-13(21-2)8-6-12/h5-8,11H,3-4,9-10H2,1-2H3,(H,17,18)(H,19,20). The molecule has 0 radical (unpaired) electrons. The van der Waals surface area contributed by atoms with Crippen molar-refractivity contribution in [2.24, 2.45) is 5.92 Å². The number of amides is 1. The molecule has 1 amide bonds. The summed E-state index contributed by atoms with van der Waals surface area (Å²) in [5.74, 6) is -0.920. The van der Waals surface area contributed by atoms with Crippen molar-refractivity contribution in [3.63, 3.8) is 0 Å². The van der Waals surface area contributed by atoms with E-state index in [1.807, 2.05) is 25.3 Å². The molecule has 1 aliphatic carbocycles. The van der Waals surface area contributed by atoms with Gasteiger partial charge >= 0.3 is 5.97 Å². The summed E-state index contributed by atoms with van der Waals surface area (Å²) >= 11 is 1.60. The summed E-state index contributed by atoms with van der Waals surface area (Å²) in [6, 6.07) is 7.22. The Hall–Kier alpha value is -1.49. The molecule has 2 rings (SSSR count). The van der Waals surface area contributed by atoms with Crippen LogP contribution in [0, 0.1) is 5.92 Å². The van der Waals surface area contributed by atoms with Crippen molar-refractivity contribution >= 4 is 23.6 Å². The fourth-order valence-corrected chi connectivity index (χ4v) is 3.35. The van der Waals surface area contributed by atoms with Crippen LogP contribution >= 0.6 is 11.8 Å². The van der Waals surface area contributed by atoms with Gasteiger partial charge in [-0.1, -0.05) is 19.8 Å². The van der Waals surface area contributed by atoms with Gasteiger partial charge in [-0.15, -0.1) is 11.8 Å². The molecule has 0 spiro atoms. The third-order valence-corrected chi connectivity index (χ3v) is 4.86. The fourth-order valence-electron chi connectivity index (χ4n) is 2.94. The Morgan fingerprint density at radius 2 is 2.00 bits per heavy atom. The molecule has 0 bridgehead atoms. The molecule has 0 saturated heterocycles. The molecule has 114 valence electrons. The van der Waals surface area contributed by atoms with Crippen LogP contribution in [0.15, 0.2) is 29.2 Å². The number of carbonyl (C=O) groups excluding carboxylic acids is 1. The first-order valence-corrected chi connectivity index (χ1v) is 8.39. The van der Waals surface area contributed by atoms with Crippen molar-refractivity contribution in [1.82, 2.24) is 5.32 Å². The molecule has 2 unspecified atom stereocenters. The average molecular weight is 307 g/mol. The molecule has 1 aliphatic rings. The number of benzene rings is 1. The molecule has 0 heterocycles. The van der Waals surface area contributed by atoms with E-state index >= 15 is 0 Å². The maximum atomic E-state index is 12.3. The first-order valence-electron chi connectivity index (χ1n) is 7.17. The van der Waals surface area contributed by atoms with Crippen LogP contribution in [-0.4, -0.2) is 28.8 Å². The monoisotopic (exact) mass is 307 g/mol. The predicted molar refractivity (Wildman–Crippen MR) is 83.7 cm³/mol. The van der Waals surface area contributed by atoms with Gasteiger partial charge in [0.25, 0.3) is 5.91 Å². The number of aliphatic carboxylic acids is 1. The van der Waals surface area contributed by atoms with Gasteiger partial charge in [-0.2, -0.15) is 0 Å². The number of thioether (sulfide) groups is 1. The lowest BCUT2D eigenvalue weighted by Gasteiger charge is -2.37. The van der Waals surface area contributed by atoms with E-state index in [-0.39, 0.29) is 5.91 Å². The van der Waals surface area contributed by atoms with Crippen LogP contribution in [0.1, 0.15) is 43.0 Å². The number of carbonyl (C=O) groups is 2. The predicted octanol–water partition coefficient (Wildman–Crippen LogP) is 3.17. The first kappa shape index (κ1) is 15.9. The highest BCUT2D eigenvalue weighted by molar-refractivity contribution is 7.98. The Labute approximate surface area is 129 Å². The Morgan fingerprint density at radius 3 is 2.52 bits per heavy atom. The Bertz CT molecular complexity index is 529. The van der Waals surface area contributed by atoms with Gasteiger partial charge in [-0.05, 0) is 49.3 Å². The van der Waals surface area contributed by atoms with Gasteiger partial charge in [0.15, 0.2) is 0 Å². The molecule has 1 aromatic carbocycles. The van der Waals surface area contributed by atoms with E-state index in [4.69, 9.17) is 0 Å². The highest BCUT2D eigenvalue weighted by atomic mass is 32.2. The van der Waals surface area contributed by atoms with Crippen molar-refractivity contribution in [1.29, 1.82) is 0 Å². The molecule has 1 fully saturated rings. The van der Waals surface area contributed by atoms with E-state index in [9.17, 15) is 14.7 Å². The Balaban J connectivity index is 2.16. The SMILES string of the molecule is CSc1ccc(C(=O)NC2(C(=O)O)CCCC(C)C2)cc1. The summed E-state index contributed by atoms with van der Waals surface area (Å²) in [6.07, 6.45) is 4.82. The lowest BCUT2D eigenvalue weighted by Crippen LogP contribution is -2.56. The van der Waals surface area contributed by atoms with Crippen LogP contribution < -0.4 is 5.32 Å². The summed E-state index contributed by atoms with van der Waals surface area (Å²) in [7, 11) is 0. The van der Waals surface area contributed by atoms with Crippen LogP contribution in [0.3, 0.4) is 0 Å². The summed E-state index contributed by atoms with van der Waals surface area (Å²) in [4.78, 5) is 25.1. The van der Waals surface area contributed by atoms with E-state index < -0.39 is 11.5 Å². The zero-order valence-electron chi connectivity index (χ0n) is 12.4. The summed E-state index contributed by atoms with van der Waals surface area (Å²) in [5.41, 5.74) is -0.612. The van der Waals surface area contributed by atoms with E-state index in [0.717, 1.165) is 17.7 Å². The Kier molecular flexibility index (Phi) is 4.93. The van der Waals surface area contributed by atoms with Gasteiger partial charge in [-0.3, -0.25) is 4.79 Å².